The summed E-state index contributed by atoms with van der Waals surface area (Å²) in [7, 11) is 4.10. The number of allylic oxidation sites excluding steroid dienone is 1. The topological polar surface area (TPSA) is 0 Å². The van der Waals surface area contributed by atoms with E-state index >= 15 is 0 Å². The van der Waals surface area contributed by atoms with Crippen molar-refractivity contribution in [2.24, 2.45) is 5.92 Å². The third kappa shape index (κ3) is 0.928. The summed E-state index contributed by atoms with van der Waals surface area (Å²) < 4.78 is 0. The van der Waals surface area contributed by atoms with E-state index in [1.165, 1.54) is 12.8 Å². The Kier molecular flexibility index (Phi) is 1.77. The second-order valence-electron chi connectivity index (χ2n) is 3.25. The van der Waals surface area contributed by atoms with Gasteiger partial charge in [0.15, 0.2) is 0 Å². The van der Waals surface area contributed by atoms with Gasteiger partial charge in [-0.2, -0.15) is 0 Å². The number of rotatable bonds is 1. The molecule has 0 amide bonds. The fourth-order valence-corrected chi connectivity index (χ4v) is 5.03. The first-order valence-electron chi connectivity index (χ1n) is 3.85. The van der Waals surface area contributed by atoms with E-state index in [0.29, 0.717) is 0 Å². The zero-order valence-corrected chi connectivity index (χ0v) is 8.02. The van der Waals surface area contributed by atoms with Crippen LogP contribution < -0.4 is 0 Å². The Labute approximate surface area is 70.2 Å². The molecular weight excluding hydrogens is 160 g/mol. The maximum Gasteiger partial charge on any atom is 0.0377 e. The Hall–Kier alpha value is 0.440. The Morgan fingerprint density at radius 3 is 2.60 bits per heavy atom. The number of hydrogen-bond donors (Lipinski definition) is 0. The van der Waals surface area contributed by atoms with Gasteiger partial charge in [-0.3, -0.25) is 0 Å². The van der Waals surface area contributed by atoms with Crippen molar-refractivity contribution in [2.75, 3.05) is 0 Å². The number of hydrogen-bond acceptors (Lipinski definition) is 2. The van der Waals surface area contributed by atoms with Crippen molar-refractivity contribution in [3.63, 3.8) is 0 Å². The van der Waals surface area contributed by atoms with Gasteiger partial charge in [0.25, 0.3) is 0 Å². The van der Waals surface area contributed by atoms with Gasteiger partial charge in [0.1, 0.15) is 0 Å². The van der Waals surface area contributed by atoms with Gasteiger partial charge >= 0.3 is 0 Å². The molecular formula is C8H12S2. The van der Waals surface area contributed by atoms with Crippen molar-refractivity contribution in [3.05, 3.63) is 10.5 Å². The molecule has 1 aliphatic heterocycles. The summed E-state index contributed by atoms with van der Waals surface area (Å²) in [4.78, 5) is 1.68. The summed E-state index contributed by atoms with van der Waals surface area (Å²) in [5, 5.41) is 0.919. The average molecular weight is 172 g/mol. The minimum atomic E-state index is 0.776. The molecule has 0 radical (unpaired) electrons. The first kappa shape index (κ1) is 7.11. The molecule has 56 valence electrons. The Morgan fingerprint density at radius 2 is 2.30 bits per heavy atom. The highest BCUT2D eigenvalue weighted by molar-refractivity contribution is 8.78. The second-order valence-corrected chi connectivity index (χ2v) is 5.70. The van der Waals surface area contributed by atoms with Crippen molar-refractivity contribution in [2.45, 2.75) is 31.9 Å². The maximum absolute atomic E-state index is 2.30. The molecule has 0 N–H and O–H groups in total. The van der Waals surface area contributed by atoms with Crippen LogP contribution in [0.15, 0.2) is 10.5 Å². The van der Waals surface area contributed by atoms with E-state index in [2.05, 4.69) is 24.6 Å². The molecule has 0 nitrogen and oxygen atoms in total. The van der Waals surface area contributed by atoms with Gasteiger partial charge in [0.05, 0.1) is 0 Å². The zero-order chi connectivity index (χ0) is 7.14. The number of fused-ring (bicyclic) bond motifs is 1. The van der Waals surface area contributed by atoms with Gasteiger partial charge in [-0.25, -0.2) is 0 Å². The fourth-order valence-electron chi connectivity index (χ4n) is 1.43. The van der Waals surface area contributed by atoms with E-state index < -0.39 is 0 Å². The predicted molar refractivity (Wildman–Crippen MR) is 50.1 cm³/mol. The highest BCUT2D eigenvalue weighted by Crippen LogP contribution is 2.57. The molecule has 10 heavy (non-hydrogen) atoms. The summed E-state index contributed by atoms with van der Waals surface area (Å²) in [5.41, 5.74) is 1.77. The van der Waals surface area contributed by atoms with Crippen molar-refractivity contribution in [1.29, 1.82) is 0 Å². The Balaban J connectivity index is 2.20. The van der Waals surface area contributed by atoms with Crippen LogP contribution in [0.1, 0.15) is 26.7 Å². The van der Waals surface area contributed by atoms with Gasteiger partial charge in [0.2, 0.25) is 0 Å². The molecule has 2 rings (SSSR count). The Bertz CT molecular complexity index is 182. The maximum atomic E-state index is 2.30. The molecule has 0 aromatic rings. The minimum Gasteiger partial charge on any atom is -0.0813 e. The van der Waals surface area contributed by atoms with Gasteiger partial charge in [-0.05, 0) is 29.2 Å². The molecule has 1 aliphatic carbocycles. The van der Waals surface area contributed by atoms with Crippen molar-refractivity contribution < 1.29 is 0 Å². The molecule has 2 aliphatic rings. The highest BCUT2D eigenvalue weighted by Gasteiger charge is 2.34. The van der Waals surface area contributed by atoms with Crippen LogP contribution in [-0.4, -0.2) is 5.25 Å². The Morgan fingerprint density at radius 1 is 1.50 bits per heavy atom. The molecule has 0 bridgehead atoms. The lowest BCUT2D eigenvalue weighted by molar-refractivity contribution is 0.658. The summed E-state index contributed by atoms with van der Waals surface area (Å²) in [5.74, 6) is 0.776. The van der Waals surface area contributed by atoms with Crippen molar-refractivity contribution in [1.82, 2.24) is 0 Å². The van der Waals surface area contributed by atoms with Gasteiger partial charge in [-0.1, -0.05) is 35.4 Å². The van der Waals surface area contributed by atoms with E-state index in [-0.39, 0.29) is 0 Å². The molecule has 0 aromatic heterocycles. The monoisotopic (exact) mass is 172 g/mol. The van der Waals surface area contributed by atoms with Crippen LogP contribution in [0, 0.1) is 5.92 Å². The standard InChI is InChI=1S/C8H12S2/c1-5(2)8-6-3-4-7(6)9-10-8/h5,7H,3-4H2,1-2H3. The lowest BCUT2D eigenvalue weighted by Gasteiger charge is -2.23. The molecule has 0 aromatic carbocycles. The van der Waals surface area contributed by atoms with E-state index in [1.807, 2.05) is 10.8 Å². The average Bonchev–Trinajstić information content (AvgIpc) is 2.07. The second kappa shape index (κ2) is 2.49. The van der Waals surface area contributed by atoms with Gasteiger partial charge < -0.3 is 0 Å². The van der Waals surface area contributed by atoms with Crippen LogP contribution in [0.4, 0.5) is 0 Å². The van der Waals surface area contributed by atoms with Gasteiger partial charge in [0, 0.05) is 5.25 Å². The SMILES string of the molecule is CC(C)C1=C2CCC2SS1. The summed E-state index contributed by atoms with van der Waals surface area (Å²) >= 11 is 0. The first-order chi connectivity index (χ1) is 4.79. The molecule has 1 atom stereocenters. The zero-order valence-electron chi connectivity index (χ0n) is 6.39. The first-order valence-corrected chi connectivity index (χ1v) is 6.06. The smallest absolute Gasteiger partial charge is 0.0377 e. The minimum absolute atomic E-state index is 0.776. The molecule has 2 heteroatoms. The van der Waals surface area contributed by atoms with E-state index in [0.717, 1.165) is 11.2 Å². The van der Waals surface area contributed by atoms with Gasteiger partial charge in [-0.15, -0.1) is 0 Å². The molecule has 1 fully saturated rings. The molecule has 0 saturated heterocycles. The summed E-state index contributed by atoms with van der Waals surface area (Å²) in [6.07, 6.45) is 2.82. The quantitative estimate of drug-likeness (QED) is 0.556. The lowest BCUT2D eigenvalue weighted by Crippen LogP contribution is -2.15. The molecule has 0 spiro atoms. The third-order valence-corrected chi connectivity index (χ3v) is 5.45. The van der Waals surface area contributed by atoms with E-state index in [1.54, 1.807) is 10.5 Å². The van der Waals surface area contributed by atoms with Crippen molar-refractivity contribution in [3.8, 4) is 0 Å². The lowest BCUT2D eigenvalue weighted by atomic mass is 9.89. The van der Waals surface area contributed by atoms with E-state index in [4.69, 9.17) is 0 Å². The predicted octanol–water partition coefficient (Wildman–Crippen LogP) is 3.45. The van der Waals surface area contributed by atoms with Crippen LogP contribution >= 0.6 is 21.6 Å². The van der Waals surface area contributed by atoms with Crippen LogP contribution in [0.3, 0.4) is 0 Å². The fraction of sp³-hybridized carbons (Fsp3) is 0.750. The van der Waals surface area contributed by atoms with Crippen LogP contribution in [0.25, 0.3) is 0 Å². The molecule has 1 unspecified atom stereocenters. The largest absolute Gasteiger partial charge is 0.0813 e. The third-order valence-electron chi connectivity index (χ3n) is 2.16. The van der Waals surface area contributed by atoms with E-state index in [9.17, 15) is 0 Å². The van der Waals surface area contributed by atoms with Crippen molar-refractivity contribution >= 4 is 21.6 Å². The van der Waals surface area contributed by atoms with Crippen LogP contribution in [-0.2, 0) is 0 Å². The van der Waals surface area contributed by atoms with Crippen LogP contribution in [0.5, 0.6) is 0 Å². The summed E-state index contributed by atoms with van der Waals surface area (Å²) in [6.45, 7) is 4.60. The summed E-state index contributed by atoms with van der Waals surface area (Å²) in [6, 6.07) is 0. The molecule has 1 saturated carbocycles. The molecule has 1 heterocycles. The normalized spacial score (nSPS) is 30.9. The highest BCUT2D eigenvalue weighted by atomic mass is 33.1. The van der Waals surface area contributed by atoms with Crippen LogP contribution in [0.2, 0.25) is 0 Å².